The number of nitrogens with zero attached hydrogens (tertiary/aromatic N) is 2. The molecular formula is C36H42N2O14S2. The van der Waals surface area contributed by atoms with Crippen LogP contribution in [0.15, 0.2) is 57.0 Å². The minimum absolute atomic E-state index is 0.0194. The van der Waals surface area contributed by atoms with Gasteiger partial charge >= 0.3 is 35.8 Å². The van der Waals surface area contributed by atoms with Crippen LogP contribution in [0.25, 0.3) is 0 Å². The molecule has 1 aromatic rings. The molecule has 54 heavy (non-hydrogen) atoms. The number of hydrogen-bond acceptors (Lipinski definition) is 16. The van der Waals surface area contributed by atoms with E-state index in [-0.39, 0.29) is 83.2 Å². The van der Waals surface area contributed by atoms with Gasteiger partial charge in [-0.05, 0) is 12.1 Å². The second-order valence-electron chi connectivity index (χ2n) is 13.5. The lowest BCUT2D eigenvalue weighted by Crippen LogP contribution is -2.33. The van der Waals surface area contributed by atoms with Crippen molar-refractivity contribution in [2.45, 2.75) is 63.2 Å². The predicted molar refractivity (Wildman–Crippen MR) is 192 cm³/mol. The van der Waals surface area contributed by atoms with Crippen LogP contribution in [0.5, 0.6) is 11.5 Å². The minimum atomic E-state index is -0.794. The highest BCUT2D eigenvalue weighted by molar-refractivity contribution is 8.25. The molecule has 0 spiro atoms. The zero-order valence-electron chi connectivity index (χ0n) is 30.8. The third-order valence-corrected chi connectivity index (χ3v) is 10.0. The number of rotatable bonds is 18. The van der Waals surface area contributed by atoms with E-state index in [9.17, 15) is 38.4 Å². The third-order valence-electron chi connectivity index (χ3n) is 7.40. The normalized spacial score (nSPS) is 14.0. The minimum Gasteiger partial charge on any atom is -0.465 e. The van der Waals surface area contributed by atoms with Crippen molar-refractivity contribution in [1.29, 1.82) is 0 Å². The molecule has 0 aliphatic carbocycles. The van der Waals surface area contributed by atoms with E-state index >= 15 is 0 Å². The maximum absolute atomic E-state index is 12.9. The number of hydrogen-bond donors (Lipinski definition) is 0. The summed E-state index contributed by atoms with van der Waals surface area (Å²) in [4.78, 5) is 99.6. The molecule has 2 aliphatic heterocycles. The number of esters is 6. The lowest BCUT2D eigenvalue weighted by molar-refractivity contribution is -0.153. The van der Waals surface area contributed by atoms with Crippen molar-refractivity contribution in [1.82, 2.24) is 10.0 Å². The van der Waals surface area contributed by atoms with Gasteiger partial charge in [0.15, 0.2) is 0 Å². The summed E-state index contributed by atoms with van der Waals surface area (Å²) in [5, 5.41) is 2.28. The number of thioether (sulfide) groups is 2. The van der Waals surface area contributed by atoms with Gasteiger partial charge in [0.1, 0.15) is 17.1 Å². The van der Waals surface area contributed by atoms with Crippen molar-refractivity contribution in [2.75, 3.05) is 40.5 Å². The Kier molecular flexibility index (Phi) is 15.1. The van der Waals surface area contributed by atoms with Crippen molar-refractivity contribution in [3.05, 3.63) is 47.3 Å². The number of ether oxygens (including phenoxy) is 6. The van der Waals surface area contributed by atoms with Gasteiger partial charge in [0.2, 0.25) is 0 Å². The number of likely N-dealkylation sites (N-methyl/N-ethyl adjacent to an activating group) is 2. The fourth-order valence-corrected chi connectivity index (χ4v) is 6.88. The summed E-state index contributed by atoms with van der Waals surface area (Å²) in [6.45, 7) is 13.3. The van der Waals surface area contributed by atoms with E-state index in [1.165, 1.54) is 26.2 Å². The summed E-state index contributed by atoms with van der Waals surface area (Å²) in [5.41, 5.74) is -1.52. The van der Waals surface area contributed by atoms with Crippen LogP contribution in [0.4, 0.5) is 0 Å². The van der Waals surface area contributed by atoms with Crippen LogP contribution in [-0.4, -0.2) is 98.2 Å². The van der Waals surface area contributed by atoms with Crippen molar-refractivity contribution in [3.8, 4) is 11.5 Å². The molecule has 2 heterocycles. The first-order valence-corrected chi connectivity index (χ1v) is 18.0. The Morgan fingerprint density at radius 1 is 0.611 bits per heavy atom. The molecule has 0 bridgehead atoms. The highest BCUT2D eigenvalue weighted by Crippen LogP contribution is 2.59. The number of benzene rings is 1. The van der Waals surface area contributed by atoms with Gasteiger partial charge in [-0.1, -0.05) is 64.4 Å². The van der Waals surface area contributed by atoms with Crippen LogP contribution < -0.4 is 9.47 Å². The molecule has 2 aliphatic rings. The average Bonchev–Trinajstić information content (AvgIpc) is 3.65. The molecule has 18 heteroatoms. The SMILES string of the molecule is C=CC(=O)OCC(C)(C)COC(=O)CCC(=O)Oc1ccc(OC(=O)CCC(=O)OCC(C)(C)COC(=O)C=C)c2c1SC(=C1C(=O)N(C)N(C)C1=O)S2. The topological polar surface area (TPSA) is 198 Å². The van der Waals surface area contributed by atoms with E-state index in [4.69, 9.17) is 28.4 Å². The number of carbonyl (C=O) groups is 8. The van der Waals surface area contributed by atoms with E-state index in [2.05, 4.69) is 13.2 Å². The molecule has 0 saturated carbocycles. The Morgan fingerprint density at radius 3 is 1.30 bits per heavy atom. The smallest absolute Gasteiger partial charge is 0.330 e. The van der Waals surface area contributed by atoms with Crippen LogP contribution in [0.2, 0.25) is 0 Å². The second kappa shape index (κ2) is 18.8. The highest BCUT2D eigenvalue weighted by Gasteiger charge is 2.42. The second-order valence-corrected chi connectivity index (χ2v) is 15.8. The molecule has 3 rings (SSSR count). The molecule has 0 aromatic heterocycles. The zero-order chi connectivity index (χ0) is 40.4. The first kappa shape index (κ1) is 43.3. The largest absolute Gasteiger partial charge is 0.465 e. The molecular weight excluding hydrogens is 749 g/mol. The van der Waals surface area contributed by atoms with Gasteiger partial charge in [0.25, 0.3) is 11.8 Å². The standard InChI is InChI=1S/C36H42N2O14S2/c1-9-23(39)47-17-35(3,4)19-49-25(41)13-15-27(43)51-21-11-12-22(31-30(21)53-34(54-31)29-32(45)37(7)38(8)33(29)46)52-28(44)16-14-26(42)50-20-36(5,6)18-48-24(40)10-2/h9-12H,1-2,13-20H2,3-8H3. The van der Waals surface area contributed by atoms with Gasteiger partial charge < -0.3 is 28.4 Å². The first-order chi connectivity index (χ1) is 25.3. The fourth-order valence-electron chi connectivity index (χ4n) is 4.24. The molecule has 292 valence electrons. The molecule has 1 saturated heterocycles. The maximum Gasteiger partial charge on any atom is 0.330 e. The number of fused-ring (bicyclic) bond motifs is 1. The van der Waals surface area contributed by atoms with Crippen LogP contribution in [-0.2, 0) is 57.3 Å². The predicted octanol–water partition coefficient (Wildman–Crippen LogP) is 3.91. The zero-order valence-corrected chi connectivity index (χ0v) is 32.4. The van der Waals surface area contributed by atoms with Crippen LogP contribution in [0.1, 0.15) is 53.4 Å². The van der Waals surface area contributed by atoms with E-state index in [0.29, 0.717) is 0 Å². The lowest BCUT2D eigenvalue weighted by Gasteiger charge is -2.23. The van der Waals surface area contributed by atoms with E-state index in [1.807, 2.05) is 0 Å². The summed E-state index contributed by atoms with van der Waals surface area (Å²) in [5.74, 6) is -5.28. The molecule has 0 N–H and O–H groups in total. The molecule has 0 unspecified atom stereocenters. The van der Waals surface area contributed by atoms with Crippen molar-refractivity contribution >= 4 is 71.2 Å². The Morgan fingerprint density at radius 2 is 0.944 bits per heavy atom. The van der Waals surface area contributed by atoms with Crippen molar-refractivity contribution in [3.63, 3.8) is 0 Å². The van der Waals surface area contributed by atoms with Gasteiger partial charge in [-0.2, -0.15) is 0 Å². The Balaban J connectivity index is 1.68. The average molecular weight is 791 g/mol. The van der Waals surface area contributed by atoms with E-state index in [0.717, 1.165) is 45.7 Å². The van der Waals surface area contributed by atoms with E-state index < -0.39 is 58.5 Å². The van der Waals surface area contributed by atoms with Gasteiger partial charge in [0.05, 0.1) is 66.1 Å². The highest BCUT2D eigenvalue weighted by atomic mass is 32.2. The quantitative estimate of drug-likeness (QED) is 0.0681. The summed E-state index contributed by atoms with van der Waals surface area (Å²) < 4.78 is 31.9. The van der Waals surface area contributed by atoms with Crippen LogP contribution in [0.3, 0.4) is 0 Å². The Labute approximate surface area is 320 Å². The van der Waals surface area contributed by atoms with E-state index in [1.54, 1.807) is 27.7 Å². The van der Waals surface area contributed by atoms with Gasteiger partial charge in [-0.15, -0.1) is 0 Å². The van der Waals surface area contributed by atoms with Crippen molar-refractivity contribution in [2.24, 2.45) is 10.8 Å². The molecule has 16 nitrogen and oxygen atoms in total. The van der Waals surface area contributed by atoms with Gasteiger partial charge in [-0.3, -0.25) is 38.8 Å². The Bertz CT molecular complexity index is 1640. The van der Waals surface area contributed by atoms with Crippen LogP contribution in [0, 0.1) is 10.8 Å². The van der Waals surface area contributed by atoms with Crippen molar-refractivity contribution < 1.29 is 66.8 Å². The number of carbonyl (C=O) groups excluding carboxylic acids is 8. The van der Waals surface area contributed by atoms with Gasteiger partial charge in [0, 0.05) is 37.1 Å². The monoisotopic (exact) mass is 790 g/mol. The molecule has 2 amide bonds. The first-order valence-electron chi connectivity index (χ1n) is 16.4. The summed E-state index contributed by atoms with van der Waals surface area (Å²) >= 11 is 1.93. The number of amides is 2. The maximum atomic E-state index is 12.9. The third kappa shape index (κ3) is 12.2. The molecule has 0 radical (unpaired) electrons. The summed E-state index contributed by atoms with van der Waals surface area (Å²) in [6.07, 6.45) is 0.681. The fraction of sp³-hybridized carbons (Fsp3) is 0.444. The summed E-state index contributed by atoms with van der Waals surface area (Å²) in [6, 6.07) is 2.72. The Hall–Kier alpha value is -5.10. The van der Waals surface area contributed by atoms with Gasteiger partial charge in [-0.25, -0.2) is 9.59 Å². The summed E-state index contributed by atoms with van der Waals surface area (Å²) in [7, 11) is 2.86. The molecule has 1 aromatic carbocycles. The number of hydrazine groups is 1. The molecule has 0 atom stereocenters. The van der Waals surface area contributed by atoms with Crippen LogP contribution >= 0.6 is 23.5 Å². The lowest BCUT2D eigenvalue weighted by atomic mass is 9.96. The molecule has 1 fully saturated rings.